The summed E-state index contributed by atoms with van der Waals surface area (Å²) < 4.78 is 12.7. The molecule has 0 saturated carbocycles. The molecular weight excluding hydrogens is 221 g/mol. The van der Waals surface area contributed by atoms with Gasteiger partial charge in [-0.25, -0.2) is 4.39 Å². The molecule has 0 fully saturated rings. The molecule has 0 heterocycles. The maximum Gasteiger partial charge on any atom is 0.320 e. The van der Waals surface area contributed by atoms with Crippen LogP contribution in [0.15, 0.2) is 24.3 Å². The highest BCUT2D eigenvalue weighted by Crippen LogP contribution is 2.07. The molecule has 0 radical (unpaired) electrons. The number of carboxylic acids is 1. The number of hydrogen-bond acceptors (Lipinski definition) is 2. The van der Waals surface area contributed by atoms with Gasteiger partial charge in [0.2, 0.25) is 0 Å². The fraction of sp³-hybridized carbons (Fsp3) is 0.462. The van der Waals surface area contributed by atoms with Crippen LogP contribution in [0, 0.1) is 5.82 Å². The van der Waals surface area contributed by atoms with Crippen LogP contribution >= 0.6 is 0 Å². The van der Waals surface area contributed by atoms with Gasteiger partial charge in [-0.2, -0.15) is 0 Å². The number of halogens is 1. The number of carboxylic acid groups (broad SMARTS) is 1. The van der Waals surface area contributed by atoms with Crippen LogP contribution in [-0.2, 0) is 11.2 Å². The summed E-state index contributed by atoms with van der Waals surface area (Å²) in [6, 6.07) is 5.85. The Labute approximate surface area is 101 Å². The third kappa shape index (κ3) is 4.15. The zero-order valence-electron chi connectivity index (χ0n) is 10.2. The van der Waals surface area contributed by atoms with Crippen molar-refractivity contribution in [1.29, 1.82) is 0 Å². The molecule has 0 amide bonds. The van der Waals surface area contributed by atoms with Gasteiger partial charge in [0.25, 0.3) is 0 Å². The Morgan fingerprint density at radius 3 is 2.47 bits per heavy atom. The minimum absolute atomic E-state index is 0.251. The summed E-state index contributed by atoms with van der Waals surface area (Å²) in [7, 11) is 1.80. The van der Waals surface area contributed by atoms with Gasteiger partial charge in [0.1, 0.15) is 11.9 Å². The van der Waals surface area contributed by atoms with Gasteiger partial charge in [-0.05, 0) is 37.6 Å². The topological polar surface area (TPSA) is 40.5 Å². The van der Waals surface area contributed by atoms with E-state index in [0.29, 0.717) is 13.0 Å². The van der Waals surface area contributed by atoms with Crippen molar-refractivity contribution in [3.63, 3.8) is 0 Å². The monoisotopic (exact) mass is 239 g/mol. The van der Waals surface area contributed by atoms with Crippen molar-refractivity contribution in [2.75, 3.05) is 13.6 Å². The van der Waals surface area contributed by atoms with Gasteiger partial charge in [-0.3, -0.25) is 9.69 Å². The highest BCUT2D eigenvalue weighted by Gasteiger charge is 2.19. The summed E-state index contributed by atoms with van der Waals surface area (Å²) >= 11 is 0. The number of benzene rings is 1. The summed E-state index contributed by atoms with van der Waals surface area (Å²) in [5.74, 6) is -1.05. The fourth-order valence-electron chi connectivity index (χ4n) is 1.79. The van der Waals surface area contributed by atoms with E-state index in [1.165, 1.54) is 12.1 Å². The van der Waals surface area contributed by atoms with E-state index in [2.05, 4.69) is 0 Å². The third-order valence-electron chi connectivity index (χ3n) is 2.87. The van der Waals surface area contributed by atoms with Crippen molar-refractivity contribution in [3.8, 4) is 0 Å². The average Bonchev–Trinajstić information content (AvgIpc) is 2.28. The molecule has 0 aromatic heterocycles. The number of aliphatic carboxylic acids is 1. The lowest BCUT2D eigenvalue weighted by atomic mass is 10.1. The highest BCUT2D eigenvalue weighted by molar-refractivity contribution is 5.73. The maximum atomic E-state index is 12.7. The Kier molecular flexibility index (Phi) is 5.10. The molecule has 0 unspecified atom stereocenters. The molecular formula is C13H18FNO2. The van der Waals surface area contributed by atoms with Gasteiger partial charge in [0.15, 0.2) is 0 Å². The largest absolute Gasteiger partial charge is 0.480 e. The Bertz CT molecular complexity index is 364. The van der Waals surface area contributed by atoms with Gasteiger partial charge in [0, 0.05) is 6.54 Å². The van der Waals surface area contributed by atoms with Gasteiger partial charge >= 0.3 is 5.97 Å². The molecule has 1 rings (SSSR count). The van der Waals surface area contributed by atoms with Crippen LogP contribution in [0.1, 0.15) is 18.9 Å². The smallest absolute Gasteiger partial charge is 0.320 e. The summed E-state index contributed by atoms with van der Waals surface area (Å²) in [6.07, 6.45) is 1.30. The van der Waals surface area contributed by atoms with E-state index >= 15 is 0 Å². The van der Waals surface area contributed by atoms with Crippen molar-refractivity contribution in [2.24, 2.45) is 0 Å². The maximum absolute atomic E-state index is 12.7. The molecule has 3 nitrogen and oxygen atoms in total. The number of carbonyl (C=O) groups is 1. The summed E-state index contributed by atoms with van der Waals surface area (Å²) in [5, 5.41) is 8.99. The van der Waals surface area contributed by atoms with E-state index in [4.69, 9.17) is 5.11 Å². The minimum Gasteiger partial charge on any atom is -0.480 e. The van der Waals surface area contributed by atoms with E-state index in [0.717, 1.165) is 12.0 Å². The molecule has 1 N–H and O–H groups in total. The molecule has 17 heavy (non-hydrogen) atoms. The van der Waals surface area contributed by atoms with Crippen molar-refractivity contribution >= 4 is 5.97 Å². The average molecular weight is 239 g/mol. The summed E-state index contributed by atoms with van der Waals surface area (Å²) in [6.45, 7) is 2.50. The quantitative estimate of drug-likeness (QED) is 0.827. The van der Waals surface area contributed by atoms with Crippen LogP contribution in [0.25, 0.3) is 0 Å². The number of likely N-dealkylation sites (N-methyl/N-ethyl adjacent to an activating group) is 1. The molecule has 1 aromatic carbocycles. The zero-order valence-corrected chi connectivity index (χ0v) is 10.2. The van der Waals surface area contributed by atoms with Gasteiger partial charge in [0.05, 0.1) is 0 Å². The second-order valence-electron chi connectivity index (χ2n) is 4.12. The lowest BCUT2D eigenvalue weighted by Crippen LogP contribution is -2.39. The zero-order chi connectivity index (χ0) is 12.8. The van der Waals surface area contributed by atoms with E-state index in [9.17, 15) is 9.18 Å². The molecule has 1 atom stereocenters. The van der Waals surface area contributed by atoms with Gasteiger partial charge < -0.3 is 5.11 Å². The predicted molar refractivity (Wildman–Crippen MR) is 64.4 cm³/mol. The molecule has 1 aromatic rings. The first-order chi connectivity index (χ1) is 8.04. The molecule has 4 heteroatoms. The lowest BCUT2D eigenvalue weighted by molar-refractivity contribution is -0.142. The first kappa shape index (κ1) is 13.6. The van der Waals surface area contributed by atoms with Crippen molar-refractivity contribution in [2.45, 2.75) is 25.8 Å². The second kappa shape index (κ2) is 6.35. The fourth-order valence-corrected chi connectivity index (χ4v) is 1.79. The van der Waals surface area contributed by atoms with Crippen LogP contribution in [0.5, 0.6) is 0 Å². The predicted octanol–water partition coefficient (Wildman–Crippen LogP) is 2.16. The highest BCUT2D eigenvalue weighted by atomic mass is 19.1. The van der Waals surface area contributed by atoms with Crippen LogP contribution < -0.4 is 0 Å². The SMILES string of the molecule is CC[C@H](C(=O)O)N(C)CCc1ccc(F)cc1. The first-order valence-corrected chi connectivity index (χ1v) is 5.72. The number of rotatable bonds is 6. The molecule has 94 valence electrons. The van der Waals surface area contributed by atoms with Crippen LogP contribution in [-0.4, -0.2) is 35.6 Å². The molecule has 0 aliphatic carbocycles. The minimum atomic E-state index is -0.797. The van der Waals surface area contributed by atoms with E-state index < -0.39 is 12.0 Å². The molecule has 0 saturated heterocycles. The third-order valence-corrected chi connectivity index (χ3v) is 2.87. The normalized spacial score (nSPS) is 12.7. The molecule has 0 aliphatic heterocycles. The Balaban J connectivity index is 2.49. The van der Waals surface area contributed by atoms with Crippen molar-refractivity contribution in [1.82, 2.24) is 4.90 Å². The van der Waals surface area contributed by atoms with Gasteiger partial charge in [-0.1, -0.05) is 19.1 Å². The number of nitrogens with zero attached hydrogens (tertiary/aromatic N) is 1. The van der Waals surface area contributed by atoms with Crippen LogP contribution in [0.2, 0.25) is 0 Å². The van der Waals surface area contributed by atoms with Gasteiger partial charge in [-0.15, -0.1) is 0 Å². The molecule has 0 aliphatic rings. The second-order valence-corrected chi connectivity index (χ2v) is 4.12. The van der Waals surface area contributed by atoms with Crippen LogP contribution in [0.3, 0.4) is 0 Å². The molecule has 0 spiro atoms. The van der Waals surface area contributed by atoms with E-state index in [-0.39, 0.29) is 5.82 Å². The standard InChI is InChI=1S/C13H18FNO2/c1-3-12(13(16)17)15(2)9-8-10-4-6-11(14)7-5-10/h4-7,12H,3,8-9H2,1-2H3,(H,16,17)/t12-/m1/s1. The van der Waals surface area contributed by atoms with E-state index in [1.54, 1.807) is 19.2 Å². The van der Waals surface area contributed by atoms with Crippen molar-refractivity contribution in [3.05, 3.63) is 35.6 Å². The first-order valence-electron chi connectivity index (χ1n) is 5.72. The van der Waals surface area contributed by atoms with Crippen molar-refractivity contribution < 1.29 is 14.3 Å². The Morgan fingerprint density at radius 1 is 1.41 bits per heavy atom. The summed E-state index contributed by atoms with van der Waals surface area (Å²) in [4.78, 5) is 12.7. The lowest BCUT2D eigenvalue weighted by Gasteiger charge is -2.23. The Morgan fingerprint density at radius 2 is 2.00 bits per heavy atom. The van der Waals surface area contributed by atoms with Crippen LogP contribution in [0.4, 0.5) is 4.39 Å². The molecule has 0 bridgehead atoms. The van der Waals surface area contributed by atoms with E-state index in [1.807, 2.05) is 11.8 Å². The summed E-state index contributed by atoms with van der Waals surface area (Å²) in [5.41, 5.74) is 1.01. The number of hydrogen-bond donors (Lipinski definition) is 1. The Hall–Kier alpha value is -1.42.